The Bertz CT molecular complexity index is 297. The van der Waals surface area contributed by atoms with Crippen LogP contribution in [0.15, 0.2) is 10.9 Å². The summed E-state index contributed by atoms with van der Waals surface area (Å²) in [5.74, 6) is 0.583. The molecule has 60 valence electrons. The molecule has 0 amide bonds. The van der Waals surface area contributed by atoms with Gasteiger partial charge in [-0.25, -0.2) is 5.10 Å². The van der Waals surface area contributed by atoms with E-state index >= 15 is 0 Å². The van der Waals surface area contributed by atoms with Crippen molar-refractivity contribution in [2.24, 2.45) is 0 Å². The van der Waals surface area contributed by atoms with Crippen LogP contribution in [0.1, 0.15) is 5.56 Å². The zero-order chi connectivity index (χ0) is 8.27. The van der Waals surface area contributed by atoms with Crippen LogP contribution in [0.25, 0.3) is 0 Å². The molecular formula is C6H7ClN2O2. The summed E-state index contributed by atoms with van der Waals surface area (Å²) in [6, 6.07) is 1.36. The summed E-state index contributed by atoms with van der Waals surface area (Å²) in [6.07, 6.45) is 0. The number of methoxy groups -OCH3 is 1. The SMILES string of the molecule is COc1n[nH]c(=O)cc1CCl. The average Bonchev–Trinajstić information content (AvgIpc) is 2.04. The molecular weight excluding hydrogens is 168 g/mol. The van der Waals surface area contributed by atoms with Crippen LogP contribution in [-0.4, -0.2) is 17.3 Å². The maximum atomic E-state index is 10.7. The lowest BCUT2D eigenvalue weighted by molar-refractivity contribution is 0.387. The van der Waals surface area contributed by atoms with Gasteiger partial charge in [-0.15, -0.1) is 16.7 Å². The van der Waals surface area contributed by atoms with Crippen LogP contribution in [0.5, 0.6) is 5.88 Å². The number of ether oxygens (including phenoxy) is 1. The molecule has 0 spiro atoms. The van der Waals surface area contributed by atoms with E-state index in [1.54, 1.807) is 0 Å². The summed E-state index contributed by atoms with van der Waals surface area (Å²) >= 11 is 5.51. The second-order valence-electron chi connectivity index (χ2n) is 1.90. The van der Waals surface area contributed by atoms with Crippen LogP contribution >= 0.6 is 11.6 Å². The van der Waals surface area contributed by atoms with Gasteiger partial charge in [-0.3, -0.25) is 4.79 Å². The number of nitrogens with one attached hydrogen (secondary N) is 1. The van der Waals surface area contributed by atoms with E-state index in [-0.39, 0.29) is 11.4 Å². The van der Waals surface area contributed by atoms with Gasteiger partial charge < -0.3 is 4.74 Å². The van der Waals surface area contributed by atoms with Crippen LogP contribution < -0.4 is 10.3 Å². The van der Waals surface area contributed by atoms with Crippen LogP contribution in [0, 0.1) is 0 Å². The molecule has 0 aromatic carbocycles. The summed E-state index contributed by atoms with van der Waals surface area (Å²) in [5, 5.41) is 5.86. The highest BCUT2D eigenvalue weighted by atomic mass is 35.5. The highest BCUT2D eigenvalue weighted by molar-refractivity contribution is 6.17. The minimum Gasteiger partial charge on any atom is -0.480 e. The van der Waals surface area contributed by atoms with E-state index in [0.717, 1.165) is 0 Å². The molecule has 0 bridgehead atoms. The summed E-state index contributed by atoms with van der Waals surface area (Å²) < 4.78 is 4.83. The van der Waals surface area contributed by atoms with Crippen molar-refractivity contribution in [2.45, 2.75) is 5.88 Å². The van der Waals surface area contributed by atoms with E-state index in [1.807, 2.05) is 0 Å². The van der Waals surface area contributed by atoms with Crippen LogP contribution in [0.3, 0.4) is 0 Å². The molecule has 1 rings (SSSR count). The first kappa shape index (κ1) is 8.07. The molecule has 0 saturated heterocycles. The van der Waals surface area contributed by atoms with Gasteiger partial charge in [-0.1, -0.05) is 0 Å². The van der Waals surface area contributed by atoms with Gasteiger partial charge in [-0.2, -0.15) is 0 Å². The number of hydrogen-bond donors (Lipinski definition) is 1. The van der Waals surface area contributed by atoms with Crippen molar-refractivity contribution < 1.29 is 4.74 Å². The Morgan fingerprint density at radius 3 is 3.09 bits per heavy atom. The van der Waals surface area contributed by atoms with Gasteiger partial charge in [0.05, 0.1) is 13.0 Å². The number of aromatic nitrogens is 2. The van der Waals surface area contributed by atoms with Gasteiger partial charge in [0.2, 0.25) is 5.88 Å². The Morgan fingerprint density at radius 2 is 2.55 bits per heavy atom. The van der Waals surface area contributed by atoms with Crippen molar-refractivity contribution in [2.75, 3.05) is 7.11 Å². The highest BCUT2D eigenvalue weighted by Crippen LogP contribution is 2.12. The number of H-pyrrole nitrogens is 1. The maximum absolute atomic E-state index is 10.7. The fourth-order valence-electron chi connectivity index (χ4n) is 0.702. The number of hydrogen-bond acceptors (Lipinski definition) is 3. The first-order valence-electron chi connectivity index (χ1n) is 2.96. The smallest absolute Gasteiger partial charge is 0.264 e. The molecule has 0 fully saturated rings. The first-order valence-corrected chi connectivity index (χ1v) is 3.50. The molecule has 1 aromatic rings. The van der Waals surface area contributed by atoms with Crippen molar-refractivity contribution in [1.82, 2.24) is 10.2 Å². The fraction of sp³-hybridized carbons (Fsp3) is 0.333. The minimum absolute atomic E-state index is 0.222. The Morgan fingerprint density at radius 1 is 1.82 bits per heavy atom. The normalized spacial score (nSPS) is 9.64. The Labute approximate surface area is 68.1 Å². The van der Waals surface area contributed by atoms with Crippen molar-refractivity contribution in [3.05, 3.63) is 22.0 Å². The molecule has 0 aliphatic heterocycles. The molecule has 1 aromatic heterocycles. The molecule has 4 nitrogen and oxygen atoms in total. The van der Waals surface area contributed by atoms with Crippen molar-refractivity contribution in [1.29, 1.82) is 0 Å². The summed E-state index contributed by atoms with van der Waals surface area (Å²) in [7, 11) is 1.47. The van der Waals surface area contributed by atoms with Gasteiger partial charge in [0, 0.05) is 11.6 Å². The van der Waals surface area contributed by atoms with Gasteiger partial charge in [0.1, 0.15) is 0 Å². The van der Waals surface area contributed by atoms with Gasteiger partial charge in [0.15, 0.2) is 0 Å². The molecule has 0 saturated carbocycles. The zero-order valence-electron chi connectivity index (χ0n) is 5.93. The fourth-order valence-corrected chi connectivity index (χ4v) is 0.894. The maximum Gasteiger partial charge on any atom is 0.264 e. The summed E-state index contributed by atoms with van der Waals surface area (Å²) in [4.78, 5) is 10.7. The third-order valence-electron chi connectivity index (χ3n) is 1.18. The Balaban J connectivity index is 3.16. The lowest BCUT2D eigenvalue weighted by Crippen LogP contribution is -2.09. The van der Waals surface area contributed by atoms with E-state index in [9.17, 15) is 4.79 Å². The number of alkyl halides is 1. The summed E-state index contributed by atoms with van der Waals surface area (Å²) in [6.45, 7) is 0. The average molecular weight is 175 g/mol. The van der Waals surface area contributed by atoms with Crippen LogP contribution in [0.4, 0.5) is 0 Å². The Hall–Kier alpha value is -1.03. The molecule has 0 aliphatic rings. The van der Waals surface area contributed by atoms with Gasteiger partial charge in [0.25, 0.3) is 5.56 Å². The molecule has 0 atom stereocenters. The molecule has 1 heterocycles. The van der Waals surface area contributed by atoms with E-state index in [2.05, 4.69) is 10.2 Å². The lowest BCUT2D eigenvalue weighted by atomic mass is 10.3. The van der Waals surface area contributed by atoms with Crippen molar-refractivity contribution >= 4 is 11.6 Å². The molecule has 11 heavy (non-hydrogen) atoms. The largest absolute Gasteiger partial charge is 0.480 e. The predicted molar refractivity (Wildman–Crippen MR) is 41.0 cm³/mol. The third kappa shape index (κ3) is 1.71. The number of nitrogens with zero attached hydrogens (tertiary/aromatic N) is 1. The van der Waals surface area contributed by atoms with E-state index in [1.165, 1.54) is 13.2 Å². The molecule has 5 heteroatoms. The van der Waals surface area contributed by atoms with Crippen molar-refractivity contribution in [3.8, 4) is 5.88 Å². The van der Waals surface area contributed by atoms with E-state index < -0.39 is 0 Å². The number of halogens is 1. The molecule has 1 N–H and O–H groups in total. The van der Waals surface area contributed by atoms with E-state index in [0.29, 0.717) is 11.4 Å². The first-order chi connectivity index (χ1) is 5.27. The van der Waals surface area contributed by atoms with Crippen molar-refractivity contribution in [3.63, 3.8) is 0 Å². The second kappa shape index (κ2) is 3.39. The Kier molecular flexibility index (Phi) is 2.48. The monoisotopic (exact) mass is 174 g/mol. The predicted octanol–water partition coefficient (Wildman–Crippen LogP) is 0.517. The third-order valence-corrected chi connectivity index (χ3v) is 1.47. The van der Waals surface area contributed by atoms with Crippen LogP contribution in [-0.2, 0) is 5.88 Å². The minimum atomic E-state index is -0.276. The zero-order valence-corrected chi connectivity index (χ0v) is 6.68. The lowest BCUT2D eigenvalue weighted by Gasteiger charge is -2.00. The summed E-state index contributed by atoms with van der Waals surface area (Å²) in [5.41, 5.74) is 0.319. The topological polar surface area (TPSA) is 55.0 Å². The highest BCUT2D eigenvalue weighted by Gasteiger charge is 2.02. The molecule has 0 radical (unpaired) electrons. The van der Waals surface area contributed by atoms with Crippen LogP contribution in [0.2, 0.25) is 0 Å². The van der Waals surface area contributed by atoms with Gasteiger partial charge >= 0.3 is 0 Å². The number of aromatic amines is 1. The molecule has 0 aliphatic carbocycles. The second-order valence-corrected chi connectivity index (χ2v) is 2.17. The number of rotatable bonds is 2. The quantitative estimate of drug-likeness (QED) is 0.665. The van der Waals surface area contributed by atoms with E-state index in [4.69, 9.17) is 16.3 Å². The van der Waals surface area contributed by atoms with Gasteiger partial charge in [-0.05, 0) is 0 Å². The standard InChI is InChI=1S/C6H7ClN2O2/c1-11-6-4(3-7)2-5(10)8-9-6/h2H,3H2,1H3,(H,8,10). The molecule has 0 unspecified atom stereocenters.